The average Bonchev–Trinajstić information content (AvgIpc) is 2.89. The Kier molecular flexibility index (Phi) is 8.49. The molecule has 2 aliphatic rings. The van der Waals surface area contributed by atoms with Gasteiger partial charge in [-0.25, -0.2) is 0 Å². The van der Waals surface area contributed by atoms with Gasteiger partial charge in [-0.05, 0) is 74.8 Å². The van der Waals surface area contributed by atoms with E-state index < -0.39 is 22.7 Å². The summed E-state index contributed by atoms with van der Waals surface area (Å²) >= 11 is 0. The van der Waals surface area contributed by atoms with E-state index in [1.807, 2.05) is 30.1 Å². The molecule has 1 saturated heterocycles. The van der Waals surface area contributed by atoms with Gasteiger partial charge in [0, 0.05) is 50.0 Å². The predicted molar refractivity (Wildman–Crippen MR) is 136 cm³/mol. The van der Waals surface area contributed by atoms with Gasteiger partial charge < -0.3 is 15.1 Å². The summed E-state index contributed by atoms with van der Waals surface area (Å²) < 4.78 is 40.0. The van der Waals surface area contributed by atoms with Gasteiger partial charge in [0.25, 0.3) is 0 Å². The highest BCUT2D eigenvalue weighted by Gasteiger charge is 2.36. The minimum absolute atomic E-state index is 0.0528. The smallest absolute Gasteiger partial charge is 0.382 e. The Labute approximate surface area is 215 Å². The molecule has 37 heavy (non-hydrogen) atoms. The molecule has 202 valence electrons. The molecule has 4 rings (SSSR count). The molecule has 1 amide bonds. The highest BCUT2D eigenvalue weighted by molar-refractivity contribution is 5.78. The summed E-state index contributed by atoms with van der Waals surface area (Å²) in [6.45, 7) is 2.72. The second-order valence-electron chi connectivity index (χ2n) is 10.2. The third-order valence-electron chi connectivity index (χ3n) is 7.61. The van der Waals surface area contributed by atoms with Crippen LogP contribution in [-0.2, 0) is 11.0 Å². The zero-order chi connectivity index (χ0) is 26.6. The molecule has 7 nitrogen and oxygen atoms in total. The van der Waals surface area contributed by atoms with Crippen LogP contribution in [0.3, 0.4) is 0 Å². The number of alkyl halides is 3. The van der Waals surface area contributed by atoms with Crippen LogP contribution in [0.15, 0.2) is 48.5 Å². The molecular weight excluding hydrogens is 485 g/mol. The maximum absolute atomic E-state index is 13.3. The normalized spacial score (nSPS) is 21.0. The van der Waals surface area contributed by atoms with E-state index in [0.717, 1.165) is 44.6 Å². The number of benzene rings is 2. The maximum atomic E-state index is 13.3. The summed E-state index contributed by atoms with van der Waals surface area (Å²) in [5, 5.41) is 20.8. The lowest BCUT2D eigenvalue weighted by Crippen LogP contribution is -2.42. The summed E-state index contributed by atoms with van der Waals surface area (Å²) in [5.74, 6) is 0.558. The van der Waals surface area contributed by atoms with Gasteiger partial charge in [-0.3, -0.25) is 15.2 Å². The van der Waals surface area contributed by atoms with E-state index in [1.54, 1.807) is 0 Å². The van der Waals surface area contributed by atoms with E-state index >= 15 is 0 Å². The average molecular weight is 521 g/mol. The topological polar surface area (TPSA) is 79.3 Å². The highest BCUT2D eigenvalue weighted by Crippen LogP contribution is 2.38. The Bertz CT molecular complexity index is 1030. The second kappa shape index (κ2) is 11.6. The van der Waals surface area contributed by atoms with Crippen molar-refractivity contribution in [2.75, 3.05) is 42.1 Å². The van der Waals surface area contributed by atoms with Crippen LogP contribution in [0.25, 0.3) is 0 Å². The number of hydrogen-bond acceptors (Lipinski definition) is 6. The van der Waals surface area contributed by atoms with Crippen molar-refractivity contribution in [2.45, 2.75) is 50.7 Å². The number of rotatable bonds is 7. The molecule has 1 heterocycles. The molecule has 1 saturated carbocycles. The number of amides is 1. The maximum Gasteiger partial charge on any atom is 0.418 e. The molecule has 10 heteroatoms. The van der Waals surface area contributed by atoms with Crippen molar-refractivity contribution in [2.24, 2.45) is 11.8 Å². The number of carbonyl (C=O) groups excluding carboxylic acids is 1. The van der Waals surface area contributed by atoms with Gasteiger partial charge in [0.1, 0.15) is 5.69 Å². The molecule has 0 spiro atoms. The van der Waals surface area contributed by atoms with Crippen molar-refractivity contribution in [3.63, 3.8) is 0 Å². The zero-order valence-corrected chi connectivity index (χ0v) is 21.0. The van der Waals surface area contributed by atoms with E-state index in [1.165, 1.54) is 11.8 Å². The van der Waals surface area contributed by atoms with Gasteiger partial charge >= 0.3 is 6.18 Å². The van der Waals surface area contributed by atoms with Crippen molar-refractivity contribution in [3.05, 3.63) is 54.1 Å². The van der Waals surface area contributed by atoms with Crippen molar-refractivity contribution < 1.29 is 28.4 Å². The van der Waals surface area contributed by atoms with E-state index in [2.05, 4.69) is 22.3 Å². The fourth-order valence-corrected chi connectivity index (χ4v) is 5.55. The summed E-state index contributed by atoms with van der Waals surface area (Å²) in [5.41, 5.74) is -0.375. The zero-order valence-electron chi connectivity index (χ0n) is 21.0. The monoisotopic (exact) mass is 520 g/mol. The lowest BCUT2D eigenvalue weighted by molar-refractivity contribution is -0.138. The first-order valence-corrected chi connectivity index (χ1v) is 12.8. The molecule has 2 aromatic rings. The highest BCUT2D eigenvalue weighted by atomic mass is 19.4. The third-order valence-corrected chi connectivity index (χ3v) is 7.61. The lowest BCUT2D eigenvalue weighted by atomic mass is 9.84. The Morgan fingerprint density at radius 1 is 1.00 bits per heavy atom. The van der Waals surface area contributed by atoms with E-state index in [0.29, 0.717) is 31.6 Å². The molecule has 0 unspecified atom stereocenters. The Morgan fingerprint density at radius 3 is 2.24 bits per heavy atom. The van der Waals surface area contributed by atoms with Crippen molar-refractivity contribution in [3.8, 4) is 0 Å². The number of hydrogen-bond donors (Lipinski definition) is 3. The van der Waals surface area contributed by atoms with Crippen LogP contribution < -0.4 is 15.4 Å². The minimum Gasteiger partial charge on any atom is -0.382 e. The lowest BCUT2D eigenvalue weighted by Gasteiger charge is -2.36. The van der Waals surface area contributed by atoms with Gasteiger partial charge in [-0.2, -0.15) is 13.2 Å². The van der Waals surface area contributed by atoms with E-state index in [4.69, 9.17) is 10.4 Å². The first-order valence-electron chi connectivity index (χ1n) is 12.8. The van der Waals surface area contributed by atoms with Gasteiger partial charge in [-0.1, -0.05) is 18.2 Å². The molecule has 1 aliphatic heterocycles. The quantitative estimate of drug-likeness (QED) is 0.411. The fourth-order valence-electron chi connectivity index (χ4n) is 5.55. The number of nitrogens with zero attached hydrogens (tertiary/aromatic N) is 3. The summed E-state index contributed by atoms with van der Waals surface area (Å²) in [7, 11) is 1.88. The Hall–Kier alpha value is -2.98. The largest absolute Gasteiger partial charge is 0.418 e. The van der Waals surface area contributed by atoms with Gasteiger partial charge in [0.05, 0.1) is 5.56 Å². The first kappa shape index (κ1) is 27.1. The van der Waals surface area contributed by atoms with Crippen LogP contribution in [0.4, 0.5) is 30.2 Å². The van der Waals surface area contributed by atoms with Crippen LogP contribution >= 0.6 is 0 Å². The molecular formula is C27H35F3N4O3. The number of halogens is 3. The van der Waals surface area contributed by atoms with Crippen LogP contribution in [-0.4, -0.2) is 53.9 Å². The first-order chi connectivity index (χ1) is 17.6. The minimum atomic E-state index is -4.73. The Balaban J connectivity index is 1.24. The third kappa shape index (κ3) is 6.87. The standard InChI is InChI=1S/C27H35F3N4O3/c1-32(18-19-13-15-33(16-14-19)23-5-3-2-4-6-23)26(35)20-7-9-21(10-8-20)31-22-11-12-25(34(36)37)24(17-22)27(28,29)30/h2-6,11-12,17,19-21,31,36-37H,7-10,13-16,18H2,1H3. The second-order valence-corrected chi connectivity index (χ2v) is 10.2. The summed E-state index contributed by atoms with van der Waals surface area (Å²) in [6.07, 6.45) is 0.0724. The number of anilines is 3. The molecule has 1 aliphatic carbocycles. The van der Waals surface area contributed by atoms with Gasteiger partial charge in [0.2, 0.25) is 5.91 Å². The molecule has 3 N–H and O–H groups in total. The van der Waals surface area contributed by atoms with Crippen molar-refractivity contribution in [1.82, 2.24) is 4.90 Å². The fraction of sp³-hybridized carbons (Fsp3) is 0.519. The SMILES string of the molecule is CN(CC1CCN(c2ccccc2)CC1)C(=O)C1CCC(Nc2ccc(N(O)O)c(C(F)(F)F)c2)CC1. The van der Waals surface area contributed by atoms with E-state index in [9.17, 15) is 18.0 Å². The number of carbonyl (C=O) groups is 1. The molecule has 2 fully saturated rings. The van der Waals surface area contributed by atoms with Crippen molar-refractivity contribution >= 4 is 23.0 Å². The summed E-state index contributed by atoms with van der Waals surface area (Å²) in [6, 6.07) is 13.6. The molecule has 0 radical (unpaired) electrons. The molecule has 0 bridgehead atoms. The van der Waals surface area contributed by atoms with Gasteiger partial charge in [-0.15, -0.1) is 5.23 Å². The van der Waals surface area contributed by atoms with Crippen LogP contribution in [0.2, 0.25) is 0 Å². The van der Waals surface area contributed by atoms with Crippen molar-refractivity contribution in [1.29, 1.82) is 0 Å². The number of nitrogens with one attached hydrogen (secondary N) is 1. The van der Waals surface area contributed by atoms with E-state index in [-0.39, 0.29) is 23.6 Å². The van der Waals surface area contributed by atoms with Crippen LogP contribution in [0, 0.1) is 11.8 Å². The molecule has 0 aromatic heterocycles. The number of piperidine rings is 1. The summed E-state index contributed by atoms with van der Waals surface area (Å²) in [4.78, 5) is 17.4. The van der Waals surface area contributed by atoms with Crippen LogP contribution in [0.1, 0.15) is 44.1 Å². The predicted octanol–water partition coefficient (Wildman–Crippen LogP) is 5.64. The van der Waals surface area contributed by atoms with Gasteiger partial charge in [0.15, 0.2) is 0 Å². The number of para-hydroxylation sites is 1. The van der Waals surface area contributed by atoms with Crippen LogP contribution in [0.5, 0.6) is 0 Å². The molecule has 2 aromatic carbocycles. The molecule has 0 atom stereocenters. The Morgan fingerprint density at radius 2 is 1.65 bits per heavy atom.